The lowest BCUT2D eigenvalue weighted by molar-refractivity contribution is -0.179. The molecule has 0 radical (unpaired) electrons. The van der Waals surface area contributed by atoms with E-state index in [9.17, 15) is 34.8 Å². The fourth-order valence-electron chi connectivity index (χ4n) is 7.08. The molecule has 5 N–H and O–H groups in total. The molecule has 0 bridgehead atoms. The van der Waals surface area contributed by atoms with Gasteiger partial charge in [-0.1, -0.05) is 13.3 Å². The van der Waals surface area contributed by atoms with Gasteiger partial charge in [0.1, 0.15) is 17.4 Å². The molecule has 1 fully saturated rings. The minimum atomic E-state index is -2.56. The van der Waals surface area contributed by atoms with Crippen LogP contribution in [0.2, 0.25) is 0 Å². The van der Waals surface area contributed by atoms with Crippen molar-refractivity contribution in [2.24, 2.45) is 17.8 Å². The van der Waals surface area contributed by atoms with Crippen molar-refractivity contribution >= 4 is 23.2 Å². The summed E-state index contributed by atoms with van der Waals surface area (Å²) >= 11 is 0. The number of hydrogen-bond acceptors (Lipinski definition) is 9. The summed E-state index contributed by atoms with van der Waals surface area (Å²) in [5.74, 6) is -6.66. The van der Waals surface area contributed by atoms with Crippen molar-refractivity contribution in [3.8, 4) is 5.75 Å². The third-order valence-electron chi connectivity index (χ3n) is 8.75. The average Bonchev–Trinajstić information content (AvgIpc) is 2.80. The van der Waals surface area contributed by atoms with E-state index in [1.54, 1.807) is 25.1 Å². The summed E-state index contributed by atoms with van der Waals surface area (Å²) in [4.78, 5) is 44.6. The van der Waals surface area contributed by atoms with Crippen LogP contribution in [0.3, 0.4) is 0 Å². The number of aromatic hydroxyl groups is 1. The maximum Gasteiger partial charge on any atom is 0.233 e. The van der Waals surface area contributed by atoms with Crippen molar-refractivity contribution in [1.29, 1.82) is 0 Å². The van der Waals surface area contributed by atoms with E-state index in [1.807, 2.05) is 39.8 Å². The third kappa shape index (κ3) is 4.42. The molecular weight excluding hydrogens is 502 g/mol. The van der Waals surface area contributed by atoms with Gasteiger partial charge in [0.05, 0.1) is 11.7 Å². The van der Waals surface area contributed by atoms with E-state index >= 15 is 0 Å². The number of nitrogens with one attached hydrogen (secondary N) is 1. The number of likely N-dealkylation sites (N-methyl/N-ethyl adjacent to an activating group) is 1. The number of fused-ring (bicyclic) bond motifs is 3. The number of amides is 1. The second-order valence-electron chi connectivity index (χ2n) is 12.4. The molecule has 4 rings (SSSR count). The minimum absolute atomic E-state index is 0.0316. The van der Waals surface area contributed by atoms with Gasteiger partial charge in [-0.25, -0.2) is 0 Å². The molecular formula is C29H41N3O7. The van der Waals surface area contributed by atoms with Gasteiger partial charge in [0.25, 0.3) is 0 Å². The summed E-state index contributed by atoms with van der Waals surface area (Å²) in [6, 6.07) is 2.26. The van der Waals surface area contributed by atoms with Crippen molar-refractivity contribution in [3.05, 3.63) is 34.6 Å². The van der Waals surface area contributed by atoms with Crippen LogP contribution in [0.15, 0.2) is 23.5 Å². The van der Waals surface area contributed by atoms with Crippen LogP contribution < -0.4 is 10.2 Å². The second-order valence-corrected chi connectivity index (χ2v) is 12.4. The Hall–Kier alpha value is -2.95. The van der Waals surface area contributed by atoms with Gasteiger partial charge in [0, 0.05) is 42.9 Å². The number of carbonyl (C=O) groups is 3. The zero-order valence-electron chi connectivity index (χ0n) is 23.8. The van der Waals surface area contributed by atoms with E-state index in [1.165, 1.54) is 6.07 Å². The number of carbonyl (C=O) groups excluding carboxylic acids is 3. The standard InChI is InChI=1S/C29H41N3O7/c1-8-11-28(2,3)30-27(38)21-24(35)22(32(6)7)16-13-14-12-15-17(31(4)5)9-10-18(33)20(15)23(34)19(14)25(36)29(16,39)26(21)37/h9-10,14,16,21-22,24,33,35-36,39H,8,11-13H2,1-7H3,(H,30,38)/t14-,16-,21?,22-,24?,29-/m0/s1. The van der Waals surface area contributed by atoms with Crippen molar-refractivity contribution in [2.75, 3.05) is 33.1 Å². The van der Waals surface area contributed by atoms with Crippen molar-refractivity contribution in [2.45, 2.75) is 69.7 Å². The molecule has 1 aromatic carbocycles. The number of allylic oxidation sites excluding steroid dienone is 1. The van der Waals surface area contributed by atoms with E-state index in [4.69, 9.17) is 0 Å². The molecule has 3 aliphatic carbocycles. The van der Waals surface area contributed by atoms with Gasteiger partial charge < -0.3 is 35.5 Å². The number of phenolic OH excluding ortho intramolecular Hbond substituents is 1. The number of anilines is 1. The topological polar surface area (TPSA) is 151 Å². The van der Waals surface area contributed by atoms with Crippen LogP contribution in [0, 0.1) is 17.8 Å². The molecule has 0 spiro atoms. The van der Waals surface area contributed by atoms with E-state index in [-0.39, 0.29) is 29.7 Å². The van der Waals surface area contributed by atoms with Crippen molar-refractivity contribution in [3.63, 3.8) is 0 Å². The molecule has 39 heavy (non-hydrogen) atoms. The molecule has 3 aliphatic rings. The summed E-state index contributed by atoms with van der Waals surface area (Å²) in [6.07, 6.45) is 0.362. The van der Waals surface area contributed by atoms with Gasteiger partial charge in [0.15, 0.2) is 17.2 Å². The Morgan fingerprint density at radius 2 is 1.79 bits per heavy atom. The molecule has 6 atom stereocenters. The molecule has 2 unspecified atom stereocenters. The summed E-state index contributed by atoms with van der Waals surface area (Å²) in [5.41, 5.74) is -1.95. The van der Waals surface area contributed by atoms with E-state index in [0.717, 1.165) is 12.1 Å². The zero-order chi connectivity index (χ0) is 29.2. The fourth-order valence-corrected chi connectivity index (χ4v) is 7.08. The van der Waals surface area contributed by atoms with Crippen LogP contribution >= 0.6 is 0 Å². The first kappa shape index (κ1) is 29.0. The first-order valence-corrected chi connectivity index (χ1v) is 13.5. The predicted molar refractivity (Wildman–Crippen MR) is 146 cm³/mol. The van der Waals surface area contributed by atoms with E-state index in [2.05, 4.69) is 5.32 Å². The van der Waals surface area contributed by atoms with Gasteiger partial charge in [0.2, 0.25) is 5.91 Å². The normalized spacial score (nSPS) is 30.6. The molecule has 214 valence electrons. The van der Waals surface area contributed by atoms with Crippen LogP contribution in [0.4, 0.5) is 5.69 Å². The van der Waals surface area contributed by atoms with Gasteiger partial charge in [-0.15, -0.1) is 0 Å². The smallest absolute Gasteiger partial charge is 0.233 e. The molecule has 0 aromatic heterocycles. The van der Waals surface area contributed by atoms with E-state index in [0.29, 0.717) is 12.0 Å². The van der Waals surface area contributed by atoms with Crippen LogP contribution in [-0.4, -0.2) is 94.3 Å². The van der Waals surface area contributed by atoms with Crippen LogP contribution in [0.25, 0.3) is 0 Å². The summed E-state index contributed by atoms with van der Waals surface area (Å²) < 4.78 is 0. The molecule has 0 heterocycles. The maximum atomic E-state index is 13.9. The van der Waals surface area contributed by atoms with Gasteiger partial charge in [-0.05, 0) is 70.8 Å². The maximum absolute atomic E-state index is 13.9. The predicted octanol–water partition coefficient (Wildman–Crippen LogP) is 1.56. The molecule has 10 heteroatoms. The zero-order valence-corrected chi connectivity index (χ0v) is 23.8. The lowest BCUT2D eigenvalue weighted by atomic mass is 9.56. The lowest BCUT2D eigenvalue weighted by Crippen LogP contribution is -2.71. The lowest BCUT2D eigenvalue weighted by Gasteiger charge is -2.54. The first-order chi connectivity index (χ1) is 18.1. The molecule has 0 aliphatic heterocycles. The Kier molecular flexibility index (Phi) is 7.38. The Balaban J connectivity index is 1.86. The fraction of sp³-hybridized carbons (Fsp3) is 0.621. The molecule has 0 saturated heterocycles. The van der Waals surface area contributed by atoms with Gasteiger partial charge >= 0.3 is 0 Å². The monoisotopic (exact) mass is 543 g/mol. The quantitative estimate of drug-likeness (QED) is 0.337. The van der Waals surface area contributed by atoms with Crippen LogP contribution in [0.1, 0.15) is 56.0 Å². The summed E-state index contributed by atoms with van der Waals surface area (Å²) in [7, 11) is 7.01. The average molecular weight is 544 g/mol. The Morgan fingerprint density at radius 3 is 2.36 bits per heavy atom. The Morgan fingerprint density at radius 1 is 1.15 bits per heavy atom. The summed E-state index contributed by atoms with van der Waals surface area (Å²) in [5, 5.41) is 48.4. The Bertz CT molecular complexity index is 1240. The molecule has 1 saturated carbocycles. The number of Topliss-reactive ketones (excluding diaryl/α,β-unsaturated/α-hetero) is 2. The SMILES string of the molecule is CCCC(C)(C)NC(=O)C1C(=O)[C@@]2(O)C(O)=C3C(=O)c4c(O)ccc(N(C)C)c4C[C@H]3C[C@H]2[C@H](N(C)C)C1O. The van der Waals surface area contributed by atoms with Crippen LogP contribution in [0.5, 0.6) is 5.75 Å². The number of benzene rings is 1. The van der Waals surface area contributed by atoms with Crippen molar-refractivity contribution < 1.29 is 34.8 Å². The first-order valence-electron chi connectivity index (χ1n) is 13.5. The second kappa shape index (κ2) is 9.91. The van der Waals surface area contributed by atoms with Gasteiger partial charge in [-0.3, -0.25) is 14.4 Å². The number of phenols is 1. The number of nitrogens with zero attached hydrogens (tertiary/aromatic N) is 2. The summed E-state index contributed by atoms with van der Waals surface area (Å²) in [6.45, 7) is 5.59. The van der Waals surface area contributed by atoms with Gasteiger partial charge in [-0.2, -0.15) is 0 Å². The minimum Gasteiger partial charge on any atom is -0.508 e. The highest BCUT2D eigenvalue weighted by molar-refractivity contribution is 6.16. The highest BCUT2D eigenvalue weighted by Crippen LogP contribution is 2.53. The number of aliphatic hydroxyl groups excluding tert-OH is 2. The highest BCUT2D eigenvalue weighted by atomic mass is 16.3. The van der Waals surface area contributed by atoms with Crippen LogP contribution in [-0.2, 0) is 16.0 Å². The Labute approximate surface area is 229 Å². The molecule has 1 amide bonds. The number of rotatable bonds is 6. The number of ketones is 2. The third-order valence-corrected chi connectivity index (χ3v) is 8.75. The van der Waals surface area contributed by atoms with Crippen molar-refractivity contribution in [1.82, 2.24) is 10.2 Å². The number of aliphatic hydroxyl groups is 3. The van der Waals surface area contributed by atoms with E-state index < -0.39 is 64.3 Å². The molecule has 10 nitrogen and oxygen atoms in total. The number of hydrogen-bond donors (Lipinski definition) is 5. The highest BCUT2D eigenvalue weighted by Gasteiger charge is 2.66. The molecule has 1 aromatic rings. The largest absolute Gasteiger partial charge is 0.508 e.